The summed E-state index contributed by atoms with van der Waals surface area (Å²) in [6.45, 7) is 2.26. The fourth-order valence-electron chi connectivity index (χ4n) is 6.11. The van der Waals surface area contributed by atoms with Crippen molar-refractivity contribution in [2.24, 2.45) is 17.8 Å². The fraction of sp³-hybridized carbons (Fsp3) is 0.586. The molecule has 2 aliphatic carbocycles. The molecule has 0 amide bonds. The second-order valence-corrected chi connectivity index (χ2v) is 10.5. The number of benzene rings is 2. The Morgan fingerprint density at radius 3 is 1.89 bits per heavy atom. The van der Waals surface area contributed by atoms with Crippen LogP contribution < -0.4 is 4.74 Å². The van der Waals surface area contributed by atoms with Gasteiger partial charge >= 0.3 is 6.11 Å². The van der Waals surface area contributed by atoms with E-state index in [-0.39, 0.29) is 0 Å². The van der Waals surface area contributed by atoms with Gasteiger partial charge in [-0.15, -0.1) is 0 Å². The van der Waals surface area contributed by atoms with Crippen LogP contribution in [0, 0.1) is 35.2 Å². The Morgan fingerprint density at radius 2 is 1.34 bits per heavy atom. The Labute approximate surface area is 205 Å². The highest BCUT2D eigenvalue weighted by Crippen LogP contribution is 2.45. The zero-order valence-corrected chi connectivity index (χ0v) is 20.3. The van der Waals surface area contributed by atoms with Crippen LogP contribution in [0.4, 0.5) is 22.0 Å². The summed E-state index contributed by atoms with van der Waals surface area (Å²) in [4.78, 5) is 0. The molecule has 2 saturated carbocycles. The predicted octanol–water partition coefficient (Wildman–Crippen LogP) is 9.50. The van der Waals surface area contributed by atoms with Crippen LogP contribution in [0.5, 0.6) is 5.75 Å². The van der Waals surface area contributed by atoms with Gasteiger partial charge < -0.3 is 4.74 Å². The first kappa shape index (κ1) is 26.0. The van der Waals surface area contributed by atoms with Gasteiger partial charge in [-0.3, -0.25) is 0 Å². The van der Waals surface area contributed by atoms with Gasteiger partial charge in [0.25, 0.3) is 0 Å². The van der Waals surface area contributed by atoms with E-state index in [9.17, 15) is 22.0 Å². The van der Waals surface area contributed by atoms with E-state index in [1.807, 2.05) is 0 Å². The van der Waals surface area contributed by atoms with Crippen molar-refractivity contribution in [2.75, 3.05) is 0 Å². The third kappa shape index (κ3) is 6.37. The molecule has 1 nitrogen and oxygen atoms in total. The van der Waals surface area contributed by atoms with Crippen molar-refractivity contribution in [1.29, 1.82) is 0 Å². The van der Waals surface area contributed by atoms with Gasteiger partial charge in [-0.1, -0.05) is 51.2 Å². The maximum atomic E-state index is 14.6. The van der Waals surface area contributed by atoms with Gasteiger partial charge in [0.2, 0.25) is 0 Å². The van der Waals surface area contributed by atoms with E-state index in [1.165, 1.54) is 69.9 Å². The normalized spacial score (nSPS) is 25.4. The van der Waals surface area contributed by atoms with Crippen LogP contribution in [0.2, 0.25) is 0 Å². The summed E-state index contributed by atoms with van der Waals surface area (Å²) in [5, 5.41) is 0. The van der Waals surface area contributed by atoms with E-state index >= 15 is 0 Å². The molecule has 0 aliphatic heterocycles. The monoisotopic (exact) mass is 494 g/mol. The van der Waals surface area contributed by atoms with Gasteiger partial charge in [-0.05, 0) is 79.9 Å². The van der Waals surface area contributed by atoms with Gasteiger partial charge in [-0.2, -0.15) is 8.78 Å². The molecule has 0 saturated heterocycles. The molecule has 0 aromatic heterocycles. The predicted molar refractivity (Wildman–Crippen MR) is 127 cm³/mol. The smallest absolute Gasteiger partial charge is 0.426 e. The molecule has 192 valence electrons. The molecule has 0 spiro atoms. The van der Waals surface area contributed by atoms with Crippen LogP contribution in [-0.2, 0) is 6.11 Å². The average molecular weight is 495 g/mol. The number of alkyl halides is 2. The number of hydrogen-bond acceptors (Lipinski definition) is 1. The minimum absolute atomic E-state index is 0.357. The first-order valence-corrected chi connectivity index (χ1v) is 13.1. The summed E-state index contributed by atoms with van der Waals surface area (Å²) >= 11 is 0. The number of rotatable bonds is 8. The van der Waals surface area contributed by atoms with Crippen LogP contribution in [0.1, 0.15) is 94.6 Å². The van der Waals surface area contributed by atoms with Crippen LogP contribution in [0.15, 0.2) is 36.4 Å². The van der Waals surface area contributed by atoms with Crippen molar-refractivity contribution in [2.45, 2.75) is 89.6 Å². The first-order chi connectivity index (χ1) is 16.8. The molecule has 2 aliphatic rings. The molecule has 35 heavy (non-hydrogen) atoms. The van der Waals surface area contributed by atoms with Crippen molar-refractivity contribution in [1.82, 2.24) is 0 Å². The molecule has 2 aromatic carbocycles. The molecule has 4 rings (SSSR count). The molecule has 2 fully saturated rings. The Morgan fingerprint density at radius 1 is 0.800 bits per heavy atom. The zero-order chi connectivity index (χ0) is 25.0. The van der Waals surface area contributed by atoms with E-state index in [4.69, 9.17) is 0 Å². The molecular weight excluding hydrogens is 459 g/mol. The molecule has 0 radical (unpaired) electrons. The molecule has 0 N–H and O–H groups in total. The Kier molecular flexibility index (Phi) is 8.38. The highest BCUT2D eigenvalue weighted by molar-refractivity contribution is 5.30. The van der Waals surface area contributed by atoms with E-state index in [0.29, 0.717) is 18.1 Å². The third-order valence-corrected chi connectivity index (χ3v) is 8.22. The number of hydrogen-bond donors (Lipinski definition) is 0. The van der Waals surface area contributed by atoms with Crippen LogP contribution in [0.25, 0.3) is 0 Å². The van der Waals surface area contributed by atoms with Crippen LogP contribution in [0.3, 0.4) is 0 Å². The Bertz CT molecular complexity index is 935. The van der Waals surface area contributed by atoms with Gasteiger partial charge in [0, 0.05) is 12.1 Å². The molecular formula is C29H35F5O. The van der Waals surface area contributed by atoms with Crippen molar-refractivity contribution in [3.8, 4) is 5.75 Å². The highest BCUT2D eigenvalue weighted by Gasteiger charge is 2.36. The van der Waals surface area contributed by atoms with Gasteiger partial charge in [0.1, 0.15) is 5.75 Å². The number of ether oxygens (including phenoxy) is 1. The molecule has 6 heteroatoms. The molecule has 0 unspecified atom stereocenters. The summed E-state index contributed by atoms with van der Waals surface area (Å²) in [6, 6.07) is 6.82. The van der Waals surface area contributed by atoms with Crippen LogP contribution >= 0.6 is 0 Å². The van der Waals surface area contributed by atoms with E-state index in [1.54, 1.807) is 12.1 Å². The Balaban J connectivity index is 1.30. The molecule has 0 atom stereocenters. The van der Waals surface area contributed by atoms with Gasteiger partial charge in [0.05, 0.1) is 5.56 Å². The van der Waals surface area contributed by atoms with Crippen molar-refractivity contribution < 1.29 is 26.7 Å². The maximum Gasteiger partial charge on any atom is 0.426 e. The third-order valence-electron chi connectivity index (χ3n) is 8.22. The minimum Gasteiger partial charge on any atom is -0.429 e. The van der Waals surface area contributed by atoms with E-state index in [0.717, 1.165) is 36.2 Å². The summed E-state index contributed by atoms with van der Waals surface area (Å²) < 4.78 is 73.4. The lowest BCUT2D eigenvalue weighted by molar-refractivity contribution is -0.185. The van der Waals surface area contributed by atoms with Crippen molar-refractivity contribution in [3.05, 3.63) is 65.0 Å². The average Bonchev–Trinajstić information content (AvgIpc) is 2.86. The minimum atomic E-state index is -3.80. The Hall–Kier alpha value is -2.11. The van der Waals surface area contributed by atoms with Gasteiger partial charge in [-0.25, -0.2) is 13.2 Å². The number of halogens is 5. The quantitative estimate of drug-likeness (QED) is 0.262. The molecule has 0 heterocycles. The van der Waals surface area contributed by atoms with Crippen molar-refractivity contribution in [3.63, 3.8) is 0 Å². The molecule has 2 aromatic rings. The lowest BCUT2D eigenvalue weighted by atomic mass is 9.68. The second kappa shape index (κ2) is 11.3. The summed E-state index contributed by atoms with van der Waals surface area (Å²) in [7, 11) is 0. The summed E-state index contributed by atoms with van der Waals surface area (Å²) in [5.74, 6) is -2.74. The lowest BCUT2D eigenvalue weighted by Gasteiger charge is -2.38. The van der Waals surface area contributed by atoms with E-state index < -0.39 is 34.9 Å². The zero-order valence-electron chi connectivity index (χ0n) is 20.3. The SMILES string of the molecule is CCCCC1CCC(C2CCC(c3ccc(C(F)(F)Oc4cc(F)c(F)c(F)c4)cc3)CC2)CC1. The topological polar surface area (TPSA) is 9.23 Å². The van der Waals surface area contributed by atoms with Gasteiger partial charge in [0.15, 0.2) is 17.5 Å². The van der Waals surface area contributed by atoms with E-state index in [2.05, 4.69) is 11.7 Å². The fourth-order valence-corrected chi connectivity index (χ4v) is 6.11. The second-order valence-electron chi connectivity index (χ2n) is 10.5. The maximum absolute atomic E-state index is 14.6. The summed E-state index contributed by atoms with van der Waals surface area (Å²) in [5.41, 5.74) is 0.616. The highest BCUT2D eigenvalue weighted by atomic mass is 19.3. The standard InChI is InChI=1S/C29H35F5O/c1-2-3-4-19-5-7-20(8-6-19)21-9-11-22(12-10-21)23-13-15-24(16-14-23)29(33,34)35-25-17-26(30)28(32)27(31)18-25/h13-22H,2-12H2,1H3. The largest absolute Gasteiger partial charge is 0.429 e. The summed E-state index contributed by atoms with van der Waals surface area (Å²) in [6.07, 6.45) is 10.2. The first-order valence-electron chi connectivity index (χ1n) is 13.1. The van der Waals surface area contributed by atoms with Crippen molar-refractivity contribution >= 4 is 0 Å². The number of unbranched alkanes of at least 4 members (excludes halogenated alkanes) is 1. The van der Waals surface area contributed by atoms with Crippen LogP contribution in [-0.4, -0.2) is 0 Å². The molecule has 0 bridgehead atoms. The lowest BCUT2D eigenvalue weighted by Crippen LogP contribution is -2.25.